The number of benzene rings is 2. The predicted octanol–water partition coefficient (Wildman–Crippen LogP) is 3.06. The molecule has 1 fully saturated rings. The van der Waals surface area contributed by atoms with E-state index in [1.807, 2.05) is 0 Å². The lowest BCUT2D eigenvalue weighted by Gasteiger charge is -2.40. The summed E-state index contributed by atoms with van der Waals surface area (Å²) in [5.74, 6) is -4.02. The van der Waals surface area contributed by atoms with E-state index in [1.54, 1.807) is 0 Å². The lowest BCUT2D eigenvalue weighted by molar-refractivity contribution is -0.313. The molecule has 1 saturated heterocycles. The van der Waals surface area contributed by atoms with E-state index < -0.39 is 78.9 Å². The van der Waals surface area contributed by atoms with Crippen molar-refractivity contribution in [2.75, 3.05) is 19.0 Å². The normalized spacial score (nSPS) is 23.7. The summed E-state index contributed by atoms with van der Waals surface area (Å²) in [5.41, 5.74) is -4.89. The van der Waals surface area contributed by atoms with Gasteiger partial charge >= 0.3 is 18.3 Å². The first-order chi connectivity index (χ1) is 19.2. The van der Waals surface area contributed by atoms with Gasteiger partial charge in [0.25, 0.3) is 5.91 Å². The summed E-state index contributed by atoms with van der Waals surface area (Å²) < 4.78 is 75.3. The molecule has 1 unspecified atom stereocenters. The van der Waals surface area contributed by atoms with Gasteiger partial charge in [0.2, 0.25) is 11.6 Å². The summed E-state index contributed by atoms with van der Waals surface area (Å²) in [7, 11) is 1.08. The fourth-order valence-corrected chi connectivity index (χ4v) is 5.59. The van der Waals surface area contributed by atoms with Crippen LogP contribution in [0.25, 0.3) is 0 Å². The first-order valence-corrected chi connectivity index (χ1v) is 12.4. The van der Waals surface area contributed by atoms with E-state index >= 15 is 0 Å². The molecule has 15 heteroatoms. The van der Waals surface area contributed by atoms with E-state index in [4.69, 9.17) is 0 Å². The van der Waals surface area contributed by atoms with E-state index in [0.717, 1.165) is 25.3 Å². The van der Waals surface area contributed by atoms with Crippen LogP contribution in [0.4, 0.5) is 37.2 Å². The molecule has 5 amide bonds. The fraction of sp³-hybridized carbons (Fsp3) is 0.385. The van der Waals surface area contributed by atoms with Crippen molar-refractivity contribution in [3.05, 3.63) is 64.2 Å². The first-order valence-electron chi connectivity index (χ1n) is 12.4. The molecule has 2 aromatic rings. The molecule has 218 valence electrons. The van der Waals surface area contributed by atoms with Gasteiger partial charge in [0.15, 0.2) is 0 Å². The third-order valence-electron chi connectivity index (χ3n) is 7.75. The van der Waals surface area contributed by atoms with Crippen molar-refractivity contribution in [2.45, 2.75) is 49.7 Å². The third kappa shape index (κ3) is 4.53. The Kier molecular flexibility index (Phi) is 6.67. The average Bonchev–Trinajstić information content (AvgIpc) is 3.30. The van der Waals surface area contributed by atoms with Crippen LogP contribution in [0.3, 0.4) is 0 Å². The summed E-state index contributed by atoms with van der Waals surface area (Å²) in [4.78, 5) is 51.8. The molecule has 0 bridgehead atoms. The molecule has 41 heavy (non-hydrogen) atoms. The van der Waals surface area contributed by atoms with Gasteiger partial charge in [-0.2, -0.15) is 13.2 Å². The van der Waals surface area contributed by atoms with Gasteiger partial charge in [-0.05, 0) is 65.8 Å². The fourth-order valence-electron chi connectivity index (χ4n) is 5.59. The number of imide groups is 1. The molecule has 0 aromatic heterocycles. The largest absolute Gasteiger partial charge is 0.453 e. The quantitative estimate of drug-likeness (QED) is 0.377. The van der Waals surface area contributed by atoms with Crippen LogP contribution in [-0.2, 0) is 39.3 Å². The molecular formula is C26H23F5N4O6. The Hall–Kier alpha value is -4.27. The number of carbonyl (C=O) groups excluding carboxylic acids is 4. The average molecular weight is 582 g/mol. The minimum absolute atomic E-state index is 0.0478. The van der Waals surface area contributed by atoms with Crippen LogP contribution >= 0.6 is 0 Å². The van der Waals surface area contributed by atoms with Crippen molar-refractivity contribution in [3.63, 3.8) is 0 Å². The summed E-state index contributed by atoms with van der Waals surface area (Å²) in [6.07, 6.45) is -7.54. The lowest BCUT2D eigenvalue weighted by Crippen LogP contribution is -2.62. The number of alkyl halides is 3. The standard InChI is InChI=1S/C26H23F5N4O6/c1-41-23(39)32-19-9-14-4-6-24(17(14)10-18(19)28)21(37)34(22(38)33-24)12-20(36)35-11-15-2-3-16(27)8-13(15)5-7-25(35,40)26(29,30)31/h2-3,8-10,40H,4-7,11-12H2,1H3,(H,32,39)(H,33,38)/t24?,25-/m0/s1. The number of nitrogens with one attached hydrogen (secondary N) is 2. The number of hydrogen-bond donors (Lipinski definition) is 3. The molecule has 0 radical (unpaired) electrons. The molecule has 1 spiro atoms. The highest BCUT2D eigenvalue weighted by Gasteiger charge is 2.61. The van der Waals surface area contributed by atoms with Gasteiger partial charge in [-0.1, -0.05) is 6.07 Å². The number of methoxy groups -OCH3 is 1. The zero-order chi connectivity index (χ0) is 29.9. The van der Waals surface area contributed by atoms with Crippen molar-refractivity contribution in [1.82, 2.24) is 15.1 Å². The Balaban J connectivity index is 1.44. The molecule has 0 saturated carbocycles. The second-order valence-corrected chi connectivity index (χ2v) is 10.0. The van der Waals surface area contributed by atoms with Gasteiger partial charge in [0.1, 0.15) is 23.7 Å². The highest BCUT2D eigenvalue weighted by atomic mass is 19.4. The number of amides is 5. The van der Waals surface area contributed by atoms with Crippen molar-refractivity contribution < 1.29 is 51.0 Å². The van der Waals surface area contributed by atoms with Crippen molar-refractivity contribution in [2.24, 2.45) is 0 Å². The number of nitrogens with zero attached hydrogens (tertiary/aromatic N) is 2. The van der Waals surface area contributed by atoms with Crippen LogP contribution in [0.5, 0.6) is 0 Å². The highest BCUT2D eigenvalue weighted by molar-refractivity contribution is 6.10. The molecule has 2 aliphatic heterocycles. The van der Waals surface area contributed by atoms with Gasteiger partial charge in [0.05, 0.1) is 12.8 Å². The van der Waals surface area contributed by atoms with Gasteiger partial charge in [0, 0.05) is 13.0 Å². The van der Waals surface area contributed by atoms with Gasteiger partial charge < -0.3 is 20.1 Å². The molecule has 3 N–H and O–H groups in total. The first kappa shape index (κ1) is 28.3. The number of anilines is 1. The highest BCUT2D eigenvalue weighted by Crippen LogP contribution is 2.44. The Morgan fingerprint density at radius 2 is 1.78 bits per heavy atom. The van der Waals surface area contributed by atoms with Gasteiger partial charge in [-0.25, -0.2) is 18.4 Å². The van der Waals surface area contributed by atoms with E-state index in [-0.39, 0.29) is 40.1 Å². The number of carbonyl (C=O) groups is 4. The monoisotopic (exact) mass is 582 g/mol. The lowest BCUT2D eigenvalue weighted by atomic mass is 9.91. The maximum Gasteiger partial charge on any atom is 0.436 e. The number of fused-ring (bicyclic) bond motifs is 3. The van der Waals surface area contributed by atoms with Crippen LogP contribution in [0, 0.1) is 11.6 Å². The number of rotatable bonds is 3. The minimum atomic E-state index is -5.32. The summed E-state index contributed by atoms with van der Waals surface area (Å²) in [6, 6.07) is 4.34. The topological polar surface area (TPSA) is 128 Å². The zero-order valence-electron chi connectivity index (χ0n) is 21.4. The van der Waals surface area contributed by atoms with Gasteiger partial charge in [-0.15, -0.1) is 0 Å². The number of hydrogen-bond acceptors (Lipinski definition) is 6. The van der Waals surface area contributed by atoms with Crippen LogP contribution in [0.2, 0.25) is 0 Å². The van der Waals surface area contributed by atoms with E-state index in [9.17, 15) is 46.2 Å². The zero-order valence-corrected chi connectivity index (χ0v) is 21.4. The van der Waals surface area contributed by atoms with Crippen molar-refractivity contribution >= 4 is 29.6 Å². The van der Waals surface area contributed by atoms with E-state index in [2.05, 4.69) is 15.4 Å². The molecule has 2 aromatic carbocycles. The van der Waals surface area contributed by atoms with Crippen molar-refractivity contribution in [3.8, 4) is 0 Å². The van der Waals surface area contributed by atoms with Crippen LogP contribution in [-0.4, -0.2) is 64.4 Å². The molecule has 3 aliphatic rings. The van der Waals surface area contributed by atoms with Gasteiger partial charge in [-0.3, -0.25) is 19.8 Å². The second-order valence-electron chi connectivity index (χ2n) is 10.0. The minimum Gasteiger partial charge on any atom is -0.453 e. The Bertz CT molecular complexity index is 1480. The number of halogens is 5. The number of aliphatic hydroxyl groups is 1. The molecule has 10 nitrogen and oxygen atoms in total. The molecule has 1 aliphatic carbocycles. The summed E-state index contributed by atoms with van der Waals surface area (Å²) in [6.45, 7) is -1.91. The summed E-state index contributed by atoms with van der Waals surface area (Å²) in [5, 5.41) is 15.4. The van der Waals surface area contributed by atoms with Crippen molar-refractivity contribution in [1.29, 1.82) is 0 Å². The Labute approximate surface area is 229 Å². The smallest absolute Gasteiger partial charge is 0.436 e. The van der Waals surface area contributed by atoms with E-state index in [0.29, 0.717) is 10.5 Å². The van der Waals surface area contributed by atoms with E-state index in [1.165, 1.54) is 12.1 Å². The number of urea groups is 1. The Morgan fingerprint density at radius 3 is 2.46 bits per heavy atom. The van der Waals surface area contributed by atoms with Crippen LogP contribution in [0.1, 0.15) is 35.1 Å². The Morgan fingerprint density at radius 1 is 1.07 bits per heavy atom. The maximum atomic E-state index is 14.8. The number of aryl methyl sites for hydroxylation is 2. The summed E-state index contributed by atoms with van der Waals surface area (Å²) >= 11 is 0. The third-order valence-corrected chi connectivity index (χ3v) is 7.75. The maximum absolute atomic E-state index is 14.8. The molecule has 2 heterocycles. The molecular weight excluding hydrogens is 559 g/mol. The SMILES string of the molecule is COC(=O)Nc1cc2c(cc1F)C1(CC2)NC(=O)N(CC(=O)N2Cc3ccc(F)cc3CC[C@]2(O)C(F)(F)F)C1=O. The van der Waals surface area contributed by atoms with Crippen LogP contribution in [0.15, 0.2) is 30.3 Å². The molecule has 2 atom stereocenters. The second kappa shape index (κ2) is 9.68. The van der Waals surface area contributed by atoms with Crippen LogP contribution < -0.4 is 10.6 Å². The predicted molar refractivity (Wildman–Crippen MR) is 129 cm³/mol. The molecule has 5 rings (SSSR count). The number of ether oxygens (including phenoxy) is 1.